The SMILES string of the molecule is Fc1ccc2c(c1)[C@@]1(CCO2)CNCN1. The van der Waals surface area contributed by atoms with Crippen LogP contribution in [0.4, 0.5) is 4.39 Å². The van der Waals surface area contributed by atoms with Gasteiger partial charge in [0.1, 0.15) is 11.6 Å². The van der Waals surface area contributed by atoms with Crippen LogP contribution in [0.15, 0.2) is 18.2 Å². The zero-order valence-corrected chi connectivity index (χ0v) is 8.35. The fraction of sp³-hybridized carbons (Fsp3) is 0.455. The summed E-state index contributed by atoms with van der Waals surface area (Å²) in [6.07, 6.45) is 0.885. The van der Waals surface area contributed by atoms with Crippen LogP contribution in [0.25, 0.3) is 0 Å². The minimum absolute atomic E-state index is 0.129. The van der Waals surface area contributed by atoms with Gasteiger partial charge in [0, 0.05) is 25.2 Å². The molecular formula is C11H13FN2O. The molecule has 1 saturated heterocycles. The molecule has 0 amide bonds. The number of ether oxygens (including phenoxy) is 1. The molecule has 2 heterocycles. The minimum atomic E-state index is -0.202. The first-order valence-corrected chi connectivity index (χ1v) is 5.19. The molecule has 1 fully saturated rings. The molecule has 80 valence electrons. The van der Waals surface area contributed by atoms with Crippen LogP contribution in [0.1, 0.15) is 12.0 Å². The van der Waals surface area contributed by atoms with Crippen LogP contribution in [0, 0.1) is 5.82 Å². The first-order valence-electron chi connectivity index (χ1n) is 5.19. The van der Waals surface area contributed by atoms with Crippen molar-refractivity contribution in [2.24, 2.45) is 0 Å². The highest BCUT2D eigenvalue weighted by molar-refractivity contribution is 5.42. The molecule has 1 atom stereocenters. The monoisotopic (exact) mass is 208 g/mol. The molecule has 2 aliphatic rings. The maximum absolute atomic E-state index is 13.2. The van der Waals surface area contributed by atoms with Crippen LogP contribution < -0.4 is 15.4 Å². The number of fused-ring (bicyclic) bond motifs is 2. The van der Waals surface area contributed by atoms with Crippen molar-refractivity contribution in [1.82, 2.24) is 10.6 Å². The highest BCUT2D eigenvalue weighted by atomic mass is 19.1. The number of nitrogens with one attached hydrogen (secondary N) is 2. The van der Waals surface area contributed by atoms with Gasteiger partial charge in [-0.25, -0.2) is 4.39 Å². The van der Waals surface area contributed by atoms with E-state index >= 15 is 0 Å². The summed E-state index contributed by atoms with van der Waals surface area (Å²) in [4.78, 5) is 0. The van der Waals surface area contributed by atoms with Gasteiger partial charge in [0.2, 0.25) is 0 Å². The molecule has 1 spiro atoms. The molecule has 0 aliphatic carbocycles. The summed E-state index contributed by atoms with van der Waals surface area (Å²) in [5.41, 5.74) is 0.814. The Morgan fingerprint density at radius 1 is 1.40 bits per heavy atom. The van der Waals surface area contributed by atoms with Crippen molar-refractivity contribution >= 4 is 0 Å². The summed E-state index contributed by atoms with van der Waals surface area (Å²) >= 11 is 0. The second-order valence-electron chi connectivity index (χ2n) is 4.10. The topological polar surface area (TPSA) is 33.3 Å². The largest absolute Gasteiger partial charge is 0.493 e. The summed E-state index contributed by atoms with van der Waals surface area (Å²) in [5, 5.41) is 6.65. The Morgan fingerprint density at radius 3 is 3.13 bits per heavy atom. The molecule has 3 nitrogen and oxygen atoms in total. The number of benzene rings is 1. The standard InChI is InChI=1S/C11H13FN2O/c12-8-1-2-10-9(5-8)11(3-4-15-10)6-13-7-14-11/h1-2,5,13-14H,3-4,6-7H2/t11-/m1/s1. The van der Waals surface area contributed by atoms with Gasteiger partial charge in [-0.3, -0.25) is 5.32 Å². The lowest BCUT2D eigenvalue weighted by Gasteiger charge is -2.35. The molecular weight excluding hydrogens is 195 g/mol. The number of hydrogen-bond donors (Lipinski definition) is 2. The van der Waals surface area contributed by atoms with Gasteiger partial charge in [-0.1, -0.05) is 0 Å². The molecule has 0 unspecified atom stereocenters. The van der Waals surface area contributed by atoms with E-state index < -0.39 is 0 Å². The van der Waals surface area contributed by atoms with Crippen molar-refractivity contribution in [3.8, 4) is 5.75 Å². The van der Waals surface area contributed by atoms with E-state index in [9.17, 15) is 4.39 Å². The molecule has 0 aromatic heterocycles. The van der Waals surface area contributed by atoms with Crippen molar-refractivity contribution < 1.29 is 9.13 Å². The predicted octanol–water partition coefficient (Wildman–Crippen LogP) is 0.954. The zero-order valence-electron chi connectivity index (χ0n) is 8.35. The van der Waals surface area contributed by atoms with E-state index in [1.54, 1.807) is 12.1 Å². The van der Waals surface area contributed by atoms with Crippen LogP contribution in [-0.4, -0.2) is 19.8 Å². The van der Waals surface area contributed by atoms with Crippen molar-refractivity contribution in [2.75, 3.05) is 19.8 Å². The second kappa shape index (κ2) is 3.18. The van der Waals surface area contributed by atoms with Gasteiger partial charge in [0.15, 0.2) is 0 Å². The third-order valence-electron chi connectivity index (χ3n) is 3.22. The van der Waals surface area contributed by atoms with E-state index in [1.807, 2.05) is 0 Å². The Balaban J connectivity index is 2.12. The highest BCUT2D eigenvalue weighted by Gasteiger charge is 2.40. The van der Waals surface area contributed by atoms with Crippen molar-refractivity contribution in [3.05, 3.63) is 29.6 Å². The molecule has 3 rings (SSSR count). The third-order valence-corrected chi connectivity index (χ3v) is 3.22. The lowest BCUT2D eigenvalue weighted by atomic mass is 9.85. The maximum Gasteiger partial charge on any atom is 0.124 e. The first-order chi connectivity index (χ1) is 7.30. The average molecular weight is 208 g/mol. The van der Waals surface area contributed by atoms with E-state index in [0.717, 1.165) is 30.9 Å². The molecule has 0 radical (unpaired) electrons. The number of halogens is 1. The molecule has 1 aromatic carbocycles. The lowest BCUT2D eigenvalue weighted by molar-refractivity contribution is 0.208. The van der Waals surface area contributed by atoms with E-state index in [2.05, 4.69) is 10.6 Å². The van der Waals surface area contributed by atoms with Crippen LogP contribution in [-0.2, 0) is 5.54 Å². The predicted molar refractivity (Wildman–Crippen MR) is 54.2 cm³/mol. The van der Waals surface area contributed by atoms with Crippen LogP contribution >= 0.6 is 0 Å². The van der Waals surface area contributed by atoms with Crippen LogP contribution in [0.5, 0.6) is 5.75 Å². The van der Waals surface area contributed by atoms with Gasteiger partial charge < -0.3 is 10.1 Å². The van der Waals surface area contributed by atoms with Crippen LogP contribution in [0.2, 0.25) is 0 Å². The summed E-state index contributed by atoms with van der Waals surface area (Å²) in [6.45, 7) is 2.30. The Bertz CT molecular complexity index is 388. The average Bonchev–Trinajstić information content (AvgIpc) is 2.69. The maximum atomic E-state index is 13.2. The molecule has 1 aromatic rings. The Morgan fingerprint density at radius 2 is 2.33 bits per heavy atom. The summed E-state index contributed by atoms with van der Waals surface area (Å²) in [6, 6.07) is 4.74. The lowest BCUT2D eigenvalue weighted by Crippen LogP contribution is -2.43. The van der Waals surface area contributed by atoms with Gasteiger partial charge >= 0.3 is 0 Å². The summed E-state index contributed by atoms with van der Waals surface area (Å²) < 4.78 is 18.8. The highest BCUT2D eigenvalue weighted by Crippen LogP contribution is 2.38. The smallest absolute Gasteiger partial charge is 0.124 e. The third kappa shape index (κ3) is 1.33. The number of hydrogen-bond acceptors (Lipinski definition) is 3. The molecule has 15 heavy (non-hydrogen) atoms. The Kier molecular flexibility index (Phi) is 1.94. The summed E-state index contributed by atoms with van der Waals surface area (Å²) in [7, 11) is 0. The molecule has 2 N–H and O–H groups in total. The van der Waals surface area contributed by atoms with Gasteiger partial charge in [-0.2, -0.15) is 0 Å². The molecule has 2 aliphatic heterocycles. The van der Waals surface area contributed by atoms with Gasteiger partial charge in [0.25, 0.3) is 0 Å². The van der Waals surface area contributed by atoms with Crippen LogP contribution in [0.3, 0.4) is 0 Å². The first kappa shape index (κ1) is 9.12. The van der Waals surface area contributed by atoms with E-state index in [1.165, 1.54) is 6.07 Å². The van der Waals surface area contributed by atoms with Gasteiger partial charge in [0.05, 0.1) is 12.1 Å². The summed E-state index contributed by atoms with van der Waals surface area (Å²) in [5.74, 6) is 0.603. The number of rotatable bonds is 0. The molecule has 4 heteroatoms. The van der Waals surface area contributed by atoms with Crippen molar-refractivity contribution in [1.29, 1.82) is 0 Å². The Labute approximate surface area is 87.6 Å². The van der Waals surface area contributed by atoms with Crippen molar-refractivity contribution in [2.45, 2.75) is 12.0 Å². The molecule has 0 saturated carbocycles. The quantitative estimate of drug-likeness (QED) is 0.666. The second-order valence-corrected chi connectivity index (χ2v) is 4.10. The van der Waals surface area contributed by atoms with Gasteiger partial charge in [-0.15, -0.1) is 0 Å². The Hall–Kier alpha value is -1.13. The normalized spacial score (nSPS) is 28.9. The zero-order chi connectivity index (χ0) is 10.3. The minimum Gasteiger partial charge on any atom is -0.493 e. The fourth-order valence-corrected chi connectivity index (χ4v) is 2.41. The van der Waals surface area contributed by atoms with Crippen molar-refractivity contribution in [3.63, 3.8) is 0 Å². The van der Waals surface area contributed by atoms with E-state index in [-0.39, 0.29) is 11.4 Å². The fourth-order valence-electron chi connectivity index (χ4n) is 2.41. The van der Waals surface area contributed by atoms with E-state index in [4.69, 9.17) is 4.74 Å². The van der Waals surface area contributed by atoms with E-state index in [0.29, 0.717) is 6.61 Å². The van der Waals surface area contributed by atoms with Gasteiger partial charge in [-0.05, 0) is 18.2 Å². The molecule has 0 bridgehead atoms.